The number of carbonyl (C=O) groups excluding carboxylic acids is 2. The summed E-state index contributed by atoms with van der Waals surface area (Å²) >= 11 is 0. The summed E-state index contributed by atoms with van der Waals surface area (Å²) < 4.78 is 24.7. The highest BCUT2D eigenvalue weighted by molar-refractivity contribution is 6.70. The van der Waals surface area contributed by atoms with Crippen LogP contribution in [0.15, 0.2) is 0 Å². The minimum Gasteiger partial charge on any atom is -0.469 e. The normalized spacial score (nSPS) is 44.1. The van der Waals surface area contributed by atoms with Gasteiger partial charge in [-0.15, -0.1) is 0 Å². The third-order valence-corrected chi connectivity index (χ3v) is 12.4. The monoisotopic (exact) mass is 538 g/mol. The number of methoxy groups -OCH3 is 2. The summed E-state index contributed by atoms with van der Waals surface area (Å²) in [6.45, 7) is 18.5. The third kappa shape index (κ3) is 4.26. The van der Waals surface area contributed by atoms with Crippen LogP contribution in [-0.4, -0.2) is 55.0 Å². The van der Waals surface area contributed by atoms with Crippen molar-refractivity contribution in [2.24, 2.45) is 39.9 Å². The predicted octanol–water partition coefficient (Wildman–Crippen LogP) is 6.02. The van der Waals surface area contributed by atoms with E-state index in [-0.39, 0.29) is 40.2 Å². The Labute approximate surface area is 220 Å². The Morgan fingerprint density at radius 2 is 1.58 bits per heavy atom. The molecule has 4 rings (SSSR count). The second kappa shape index (κ2) is 8.92. The Bertz CT molecular complexity index is 895. The Morgan fingerprint density at radius 3 is 2.14 bits per heavy atom. The minimum atomic E-state index is -1.92. The van der Waals surface area contributed by atoms with Crippen molar-refractivity contribution in [3.05, 3.63) is 0 Å². The number of hydrogen-bond donors (Lipinski definition) is 0. The lowest BCUT2D eigenvalue weighted by molar-refractivity contribution is -0.170. The van der Waals surface area contributed by atoms with Crippen molar-refractivity contribution in [1.29, 1.82) is 0 Å². The number of fused-ring (bicyclic) bond motifs is 3. The number of ether oxygens (including phenoxy) is 2. The Balaban J connectivity index is 1.87. The van der Waals surface area contributed by atoms with Crippen molar-refractivity contribution in [3.8, 4) is 0 Å². The van der Waals surface area contributed by atoms with E-state index in [1.807, 2.05) is 0 Å². The molecule has 0 aliphatic heterocycles. The maximum atomic E-state index is 13.8. The zero-order valence-electron chi connectivity index (χ0n) is 24.4. The van der Waals surface area contributed by atoms with Crippen molar-refractivity contribution >= 4 is 28.6 Å². The highest BCUT2D eigenvalue weighted by Gasteiger charge is 2.78. The number of carbonyl (C=O) groups is 2. The van der Waals surface area contributed by atoms with Crippen molar-refractivity contribution in [2.75, 3.05) is 20.8 Å². The molecule has 0 saturated heterocycles. The van der Waals surface area contributed by atoms with Gasteiger partial charge in [0.15, 0.2) is 16.6 Å². The SMILES string of the molecule is COC(=O)[C@H]1[C@H]2[C@@](C)(CCC[C@@]2(C)C(=O)OC)[C@@H]2CCC3C[C@]12C[C@@]3(CO[Si](C)(C)C)O[Si](C)(C)C. The van der Waals surface area contributed by atoms with E-state index in [2.05, 4.69) is 53.1 Å². The van der Waals surface area contributed by atoms with Crippen molar-refractivity contribution < 1.29 is 27.9 Å². The number of esters is 2. The molecule has 4 fully saturated rings. The summed E-state index contributed by atoms with van der Waals surface area (Å²) in [5.41, 5.74) is -1.42. The van der Waals surface area contributed by atoms with Crippen molar-refractivity contribution in [3.63, 3.8) is 0 Å². The van der Waals surface area contributed by atoms with E-state index >= 15 is 0 Å². The van der Waals surface area contributed by atoms with Gasteiger partial charge in [0, 0.05) is 0 Å². The Morgan fingerprint density at radius 1 is 0.917 bits per heavy atom. The van der Waals surface area contributed by atoms with Crippen LogP contribution in [0.1, 0.15) is 58.8 Å². The highest BCUT2D eigenvalue weighted by atomic mass is 28.4. The maximum absolute atomic E-state index is 13.8. The zero-order valence-corrected chi connectivity index (χ0v) is 26.4. The quantitative estimate of drug-likeness (QED) is 0.291. The lowest BCUT2D eigenvalue weighted by Gasteiger charge is -2.50. The van der Waals surface area contributed by atoms with E-state index in [1.165, 1.54) is 14.2 Å². The molecule has 4 aliphatic rings. The number of hydrogen-bond acceptors (Lipinski definition) is 6. The van der Waals surface area contributed by atoms with Crippen LogP contribution >= 0.6 is 0 Å². The fourth-order valence-corrected chi connectivity index (χ4v) is 11.9. The average Bonchev–Trinajstić information content (AvgIpc) is 3.14. The molecular formula is C28H50O6Si2. The van der Waals surface area contributed by atoms with E-state index in [0.29, 0.717) is 18.4 Å². The molecular weight excluding hydrogens is 488 g/mol. The second-order valence-corrected chi connectivity index (χ2v) is 23.8. The van der Waals surface area contributed by atoms with Gasteiger partial charge in [-0.2, -0.15) is 0 Å². The molecule has 0 aromatic carbocycles. The molecule has 0 radical (unpaired) electrons. The van der Waals surface area contributed by atoms with Crippen molar-refractivity contribution in [2.45, 2.75) is 104 Å². The van der Waals surface area contributed by atoms with Crippen LogP contribution in [0.25, 0.3) is 0 Å². The minimum absolute atomic E-state index is 0.0945. The molecule has 36 heavy (non-hydrogen) atoms. The highest BCUT2D eigenvalue weighted by Crippen LogP contribution is 2.78. The van der Waals surface area contributed by atoms with Gasteiger partial charge < -0.3 is 18.3 Å². The van der Waals surface area contributed by atoms with Gasteiger partial charge in [0.2, 0.25) is 0 Å². The van der Waals surface area contributed by atoms with Crippen LogP contribution in [0.2, 0.25) is 39.3 Å². The summed E-state index contributed by atoms with van der Waals surface area (Å²) in [5.74, 6) is -0.0349. The fraction of sp³-hybridized carbons (Fsp3) is 0.929. The first-order chi connectivity index (χ1) is 16.5. The number of rotatable bonds is 7. The van der Waals surface area contributed by atoms with Crippen LogP contribution in [0.5, 0.6) is 0 Å². The van der Waals surface area contributed by atoms with Crippen LogP contribution in [0.4, 0.5) is 0 Å². The Kier molecular flexibility index (Phi) is 7.01. The Hall–Kier alpha value is -0.706. The van der Waals surface area contributed by atoms with Gasteiger partial charge >= 0.3 is 11.9 Å². The van der Waals surface area contributed by atoms with E-state index in [1.54, 1.807) is 0 Å². The summed E-state index contributed by atoms with van der Waals surface area (Å²) in [6, 6.07) is 0. The van der Waals surface area contributed by atoms with Crippen LogP contribution in [0, 0.1) is 39.9 Å². The molecule has 1 spiro atoms. The van der Waals surface area contributed by atoms with Gasteiger partial charge in [0.25, 0.3) is 0 Å². The van der Waals surface area contributed by atoms with Crippen LogP contribution < -0.4 is 0 Å². The molecule has 0 aromatic rings. The summed E-state index contributed by atoms with van der Waals surface area (Å²) in [5, 5.41) is 0. The van der Waals surface area contributed by atoms with Gasteiger partial charge in [-0.05, 0) is 113 Å². The van der Waals surface area contributed by atoms with E-state index in [9.17, 15) is 9.59 Å². The molecule has 8 heteroatoms. The van der Waals surface area contributed by atoms with Gasteiger partial charge in [-0.3, -0.25) is 9.59 Å². The lowest BCUT2D eigenvalue weighted by atomic mass is 9.53. The molecule has 4 saturated carbocycles. The first kappa shape index (κ1) is 28.3. The summed E-state index contributed by atoms with van der Waals surface area (Å²) in [7, 11) is -0.701. The summed E-state index contributed by atoms with van der Waals surface area (Å²) in [4.78, 5) is 27.2. The largest absolute Gasteiger partial charge is 0.469 e. The smallest absolute Gasteiger partial charge is 0.311 e. The van der Waals surface area contributed by atoms with Crippen molar-refractivity contribution in [1.82, 2.24) is 0 Å². The van der Waals surface area contributed by atoms with E-state index in [0.717, 1.165) is 44.9 Å². The summed E-state index contributed by atoms with van der Waals surface area (Å²) in [6.07, 6.45) is 6.74. The molecule has 8 atom stereocenters. The van der Waals surface area contributed by atoms with Gasteiger partial charge in [0.1, 0.15) is 0 Å². The molecule has 0 aromatic heterocycles. The standard InChI is InChI=1S/C28H50O6Si2/c1-25-14-11-15-26(2,24(30)32-4)22(25)21(23(29)31-3)27-16-19(12-13-20(25)27)28(17-27,34-36(8,9)10)18-33-35(5,6)7/h19-22H,11-18H2,1-10H3/t19?,20-,21+,22-,25-,26+,27+,28-/m0/s1. The second-order valence-electron chi connectivity index (χ2n) is 14.9. The van der Waals surface area contributed by atoms with Gasteiger partial charge in [-0.25, -0.2) is 0 Å². The first-order valence-electron chi connectivity index (χ1n) is 14.0. The molecule has 0 amide bonds. The van der Waals surface area contributed by atoms with Crippen LogP contribution in [-0.2, 0) is 27.9 Å². The lowest BCUT2D eigenvalue weighted by Crippen LogP contribution is -2.52. The third-order valence-electron chi connectivity index (χ3n) is 10.4. The first-order valence-corrected chi connectivity index (χ1v) is 20.8. The van der Waals surface area contributed by atoms with E-state index < -0.39 is 22.0 Å². The topological polar surface area (TPSA) is 71.1 Å². The maximum Gasteiger partial charge on any atom is 0.311 e. The molecule has 0 heterocycles. The van der Waals surface area contributed by atoms with E-state index in [4.69, 9.17) is 18.3 Å². The molecule has 4 aliphatic carbocycles. The molecule has 6 nitrogen and oxygen atoms in total. The molecule has 0 N–H and O–H groups in total. The molecule has 2 bridgehead atoms. The zero-order chi connectivity index (χ0) is 26.9. The molecule has 1 unspecified atom stereocenters. The van der Waals surface area contributed by atoms with Gasteiger partial charge in [-0.1, -0.05) is 13.3 Å². The van der Waals surface area contributed by atoms with Crippen LogP contribution in [0.3, 0.4) is 0 Å². The molecule has 206 valence electrons. The van der Waals surface area contributed by atoms with Gasteiger partial charge in [0.05, 0.1) is 37.8 Å². The average molecular weight is 539 g/mol. The fourth-order valence-electron chi connectivity index (χ4n) is 9.72. The predicted molar refractivity (Wildman–Crippen MR) is 145 cm³/mol.